The van der Waals surface area contributed by atoms with Crippen LogP contribution in [0.3, 0.4) is 0 Å². The number of benzene rings is 3. The number of rotatable bonds is 8. The Hall–Kier alpha value is -4.98. The lowest BCUT2D eigenvalue weighted by atomic mass is 9.82. The van der Waals surface area contributed by atoms with Gasteiger partial charge in [-0.1, -0.05) is 30.3 Å². The fourth-order valence-electron chi connectivity index (χ4n) is 4.46. The molecule has 0 radical (unpaired) electrons. The highest BCUT2D eigenvalue weighted by atomic mass is 19.4. The fourth-order valence-corrected chi connectivity index (χ4v) is 4.46. The molecular formula is C30H28F6N6O2. The molecule has 232 valence electrons. The highest BCUT2D eigenvalue weighted by molar-refractivity contribution is 5.87. The predicted molar refractivity (Wildman–Crippen MR) is 153 cm³/mol. The van der Waals surface area contributed by atoms with Crippen LogP contribution >= 0.6 is 0 Å². The van der Waals surface area contributed by atoms with Crippen molar-refractivity contribution >= 4 is 17.3 Å². The molecule has 1 aromatic heterocycles. The molecule has 6 N–H and O–H groups in total. The molecule has 14 heteroatoms. The second-order valence-corrected chi connectivity index (χ2v) is 10.3. The Morgan fingerprint density at radius 2 is 1.59 bits per heavy atom. The highest BCUT2D eigenvalue weighted by Crippen LogP contribution is 2.36. The molecule has 0 saturated heterocycles. The maximum atomic E-state index is 13.5. The van der Waals surface area contributed by atoms with Crippen molar-refractivity contribution in [3.05, 3.63) is 102 Å². The van der Waals surface area contributed by atoms with Gasteiger partial charge in [0.05, 0.1) is 22.5 Å². The monoisotopic (exact) mass is 618 g/mol. The Morgan fingerprint density at radius 1 is 0.955 bits per heavy atom. The molecule has 0 aliphatic rings. The van der Waals surface area contributed by atoms with Crippen molar-refractivity contribution in [1.82, 2.24) is 9.55 Å². The largest absolute Gasteiger partial charge is 0.573 e. The molecule has 4 rings (SSSR count). The van der Waals surface area contributed by atoms with Gasteiger partial charge < -0.3 is 20.8 Å². The molecule has 0 fully saturated rings. The summed E-state index contributed by atoms with van der Waals surface area (Å²) in [5.41, 5.74) is 12.1. The minimum Gasteiger partial charge on any atom is -0.406 e. The van der Waals surface area contributed by atoms with Gasteiger partial charge in [0, 0.05) is 18.0 Å². The van der Waals surface area contributed by atoms with Gasteiger partial charge in [-0.2, -0.15) is 13.2 Å². The predicted octanol–water partition coefficient (Wildman–Crippen LogP) is 6.17. The zero-order chi connectivity index (χ0) is 32.6. The molecule has 0 saturated carbocycles. The average Bonchev–Trinajstić information content (AvgIpc) is 3.35. The number of hydrogen-bond donors (Lipinski definition) is 3. The number of aryl methyl sites for hydroxylation is 1. The van der Waals surface area contributed by atoms with E-state index < -0.39 is 35.3 Å². The number of alkyl halides is 6. The summed E-state index contributed by atoms with van der Waals surface area (Å²) in [7, 11) is 0. The number of carbonyl (C=O) groups excluding carboxylic acids is 1. The van der Waals surface area contributed by atoms with Gasteiger partial charge in [0.1, 0.15) is 11.6 Å². The van der Waals surface area contributed by atoms with Gasteiger partial charge in [-0.05, 0) is 73.9 Å². The molecule has 0 unspecified atom stereocenters. The molecule has 0 spiro atoms. The van der Waals surface area contributed by atoms with E-state index in [4.69, 9.17) is 17.3 Å². The smallest absolute Gasteiger partial charge is 0.406 e. The third-order valence-corrected chi connectivity index (χ3v) is 7.00. The fraction of sp³-hybridized carbons (Fsp3) is 0.200. The second kappa shape index (κ2) is 11.6. The van der Waals surface area contributed by atoms with Crippen molar-refractivity contribution in [2.45, 2.75) is 38.7 Å². The van der Waals surface area contributed by atoms with E-state index in [9.17, 15) is 31.1 Å². The Balaban J connectivity index is 1.87. The van der Waals surface area contributed by atoms with Crippen LogP contribution in [0.15, 0.2) is 79.1 Å². The quantitative estimate of drug-likeness (QED) is 0.123. The van der Waals surface area contributed by atoms with E-state index in [1.165, 1.54) is 23.6 Å². The van der Waals surface area contributed by atoms with E-state index in [1.807, 2.05) is 0 Å². The van der Waals surface area contributed by atoms with Crippen LogP contribution in [-0.4, -0.2) is 21.8 Å². The van der Waals surface area contributed by atoms with Crippen molar-refractivity contribution in [2.24, 2.45) is 17.3 Å². The van der Waals surface area contributed by atoms with Crippen LogP contribution in [0.25, 0.3) is 22.5 Å². The lowest BCUT2D eigenvalue weighted by Gasteiger charge is -2.25. The minimum atomic E-state index is -4.90. The highest BCUT2D eigenvalue weighted by Gasteiger charge is 2.35. The number of primary amides is 1. The molecule has 0 aliphatic heterocycles. The number of anilines is 1. The summed E-state index contributed by atoms with van der Waals surface area (Å²) in [6.45, 7) is 4.75. The molecule has 0 bridgehead atoms. The summed E-state index contributed by atoms with van der Waals surface area (Å²) in [6, 6.07) is 16.5. The Bertz CT molecular complexity index is 1710. The maximum absolute atomic E-state index is 13.5. The van der Waals surface area contributed by atoms with E-state index in [0.717, 1.165) is 29.5 Å². The van der Waals surface area contributed by atoms with Crippen molar-refractivity contribution in [2.75, 3.05) is 5.01 Å². The molecule has 3 aromatic carbocycles. The van der Waals surface area contributed by atoms with E-state index in [2.05, 4.69) is 9.72 Å². The Labute approximate surface area is 248 Å². The van der Waals surface area contributed by atoms with E-state index >= 15 is 0 Å². The number of nitrogens with two attached hydrogens (primary N) is 3. The minimum absolute atomic E-state index is 0.0186. The average molecular weight is 619 g/mol. The van der Waals surface area contributed by atoms with E-state index in [1.54, 1.807) is 56.3 Å². The number of hydrogen-bond acceptors (Lipinski definition) is 6. The van der Waals surface area contributed by atoms with Gasteiger partial charge in [0.15, 0.2) is 5.69 Å². The van der Waals surface area contributed by atoms with E-state index in [-0.39, 0.29) is 28.5 Å². The van der Waals surface area contributed by atoms with Crippen LogP contribution in [0.1, 0.15) is 36.5 Å². The molecule has 4 aromatic rings. The zero-order valence-electron chi connectivity index (χ0n) is 23.7. The van der Waals surface area contributed by atoms with Crippen LogP contribution in [0.5, 0.6) is 5.75 Å². The second-order valence-electron chi connectivity index (χ2n) is 10.3. The first-order chi connectivity index (χ1) is 20.4. The van der Waals surface area contributed by atoms with Crippen LogP contribution in [0, 0.1) is 6.92 Å². The number of amides is 1. The van der Waals surface area contributed by atoms with Crippen LogP contribution in [0.2, 0.25) is 0 Å². The first kappa shape index (κ1) is 31.9. The lowest BCUT2D eigenvalue weighted by Crippen LogP contribution is -2.35. The molecular weight excluding hydrogens is 590 g/mol. The van der Waals surface area contributed by atoms with Gasteiger partial charge in [0.25, 0.3) is 0 Å². The number of aromatic nitrogens is 2. The third kappa shape index (κ3) is 6.64. The van der Waals surface area contributed by atoms with Crippen molar-refractivity contribution < 1.29 is 35.9 Å². The molecule has 44 heavy (non-hydrogen) atoms. The Morgan fingerprint density at radius 3 is 2.14 bits per heavy atom. The summed E-state index contributed by atoms with van der Waals surface area (Å²) < 4.78 is 83.7. The van der Waals surface area contributed by atoms with E-state index in [0.29, 0.717) is 16.7 Å². The SMILES string of the molecule is Cc1nc(C(F)(F)F)cn1-c1ccc(-c2cccc(C(C)(C)C(N)=O)c2)cc1/C(=C/N)N(N)c1ccc(OC(F)(F)F)cc1. The van der Waals surface area contributed by atoms with Crippen LogP contribution in [-0.2, 0) is 16.4 Å². The summed E-state index contributed by atoms with van der Waals surface area (Å²) in [4.78, 5) is 15.7. The van der Waals surface area contributed by atoms with Gasteiger partial charge in [-0.25, -0.2) is 10.8 Å². The van der Waals surface area contributed by atoms with Crippen molar-refractivity contribution in [3.63, 3.8) is 0 Å². The van der Waals surface area contributed by atoms with Gasteiger partial charge in [0.2, 0.25) is 5.91 Å². The number of imidazole rings is 1. The molecule has 0 aliphatic carbocycles. The van der Waals surface area contributed by atoms with Gasteiger partial charge in [-0.3, -0.25) is 9.80 Å². The standard InChI is InChI=1S/C30H28F6N6O2/c1-17-40-26(29(31,32)33)16-41(17)24-12-7-19(18-5-4-6-20(13-18)28(2,3)27(38)43)14-23(24)25(15-37)42(39)21-8-10-22(11-9-21)44-30(34,35)36/h4-16H,37,39H2,1-3H3,(H2,38,43)/b25-15-. The zero-order valence-corrected chi connectivity index (χ0v) is 23.7. The number of halogens is 6. The summed E-state index contributed by atoms with van der Waals surface area (Å²) in [5, 5.41) is 1.07. The lowest BCUT2D eigenvalue weighted by molar-refractivity contribution is -0.274. The molecule has 1 heterocycles. The molecule has 8 nitrogen and oxygen atoms in total. The number of hydrazine groups is 1. The normalized spacial score (nSPS) is 12.7. The maximum Gasteiger partial charge on any atom is 0.573 e. The first-order valence-electron chi connectivity index (χ1n) is 12.9. The molecule has 0 atom stereocenters. The number of carbonyl (C=O) groups is 1. The van der Waals surface area contributed by atoms with Gasteiger partial charge >= 0.3 is 12.5 Å². The third-order valence-electron chi connectivity index (χ3n) is 7.00. The topological polar surface area (TPSA) is 125 Å². The summed E-state index contributed by atoms with van der Waals surface area (Å²) in [5.74, 6) is 5.38. The molecule has 1 amide bonds. The van der Waals surface area contributed by atoms with Crippen LogP contribution < -0.4 is 27.1 Å². The van der Waals surface area contributed by atoms with Crippen LogP contribution in [0.4, 0.5) is 32.0 Å². The number of nitrogens with zero attached hydrogens (tertiary/aromatic N) is 3. The Kier molecular flexibility index (Phi) is 8.42. The van der Waals surface area contributed by atoms with Crippen molar-refractivity contribution in [3.8, 4) is 22.6 Å². The summed E-state index contributed by atoms with van der Waals surface area (Å²) >= 11 is 0. The first-order valence-corrected chi connectivity index (χ1v) is 12.9. The van der Waals surface area contributed by atoms with Gasteiger partial charge in [-0.15, -0.1) is 13.2 Å². The number of ether oxygens (including phenoxy) is 1. The summed E-state index contributed by atoms with van der Waals surface area (Å²) in [6.07, 6.45) is -7.66. The van der Waals surface area contributed by atoms with Crippen molar-refractivity contribution in [1.29, 1.82) is 0 Å².